The molecule has 8 N–H and O–H groups in total. The van der Waals surface area contributed by atoms with Crippen LogP contribution >= 0.6 is 0 Å². The summed E-state index contributed by atoms with van der Waals surface area (Å²) in [4.78, 5) is -3.18. The van der Waals surface area contributed by atoms with Crippen LogP contribution in [0.5, 0.6) is 0 Å². The molecule has 0 saturated heterocycles. The van der Waals surface area contributed by atoms with Crippen molar-refractivity contribution >= 4 is 136 Å². The summed E-state index contributed by atoms with van der Waals surface area (Å²) in [5, 5.41) is 15.9. The van der Waals surface area contributed by atoms with Gasteiger partial charge in [-0.05, 0) is 95.7 Å². The smallest absolute Gasteiger partial charge is 0.296 e. The van der Waals surface area contributed by atoms with Crippen LogP contribution in [0, 0.1) is 0 Å². The fraction of sp³-hybridized carbons (Fsp3) is 0. The molecule has 26 heteroatoms. The van der Waals surface area contributed by atoms with Crippen LogP contribution in [0.3, 0.4) is 0 Å². The third kappa shape index (κ3) is 9.09. The number of benzene rings is 6. The van der Waals surface area contributed by atoms with Gasteiger partial charge < -0.3 is 11.5 Å². The molecule has 6 aromatic rings. The van der Waals surface area contributed by atoms with Gasteiger partial charge in [0.25, 0.3) is 40.5 Å². The van der Waals surface area contributed by atoms with Crippen molar-refractivity contribution in [2.75, 3.05) is 11.5 Å². The average molecular weight is 900 g/mol. The monoisotopic (exact) mass is 899 g/mol. The van der Waals surface area contributed by atoms with Crippen LogP contribution in [0.25, 0.3) is 21.5 Å². The second kappa shape index (κ2) is 15.8. The Morgan fingerprint density at radius 2 is 0.707 bits per heavy atom. The number of azo groups is 2. The van der Waals surface area contributed by atoms with E-state index in [4.69, 9.17) is 11.5 Å². The van der Waals surface area contributed by atoms with Crippen molar-refractivity contribution < 1.29 is 60.3 Å². The molecule has 0 aliphatic carbocycles. The Morgan fingerprint density at radius 1 is 0.397 bits per heavy atom. The summed E-state index contributed by atoms with van der Waals surface area (Å²) >= 11 is 0. The molecule has 0 spiro atoms. The van der Waals surface area contributed by atoms with Crippen molar-refractivity contribution in [2.24, 2.45) is 20.5 Å². The molecule has 0 fully saturated rings. The van der Waals surface area contributed by atoms with Crippen molar-refractivity contribution in [2.45, 2.75) is 29.4 Å². The Hall–Kier alpha value is -4.77. The first-order valence-corrected chi connectivity index (χ1v) is 22.5. The molecule has 0 heterocycles. The molecule has 0 atom stereocenters. The first-order chi connectivity index (χ1) is 26.4. The minimum absolute atomic E-state index is 0. The molecule has 0 aliphatic rings. The molecule has 6 rings (SSSR count). The van der Waals surface area contributed by atoms with Gasteiger partial charge in [0.1, 0.15) is 21.2 Å². The summed E-state index contributed by atoms with van der Waals surface area (Å²) in [6, 6.07) is 17.8. The van der Waals surface area contributed by atoms with E-state index in [-0.39, 0.29) is 83.6 Å². The minimum atomic E-state index is -4.94. The third-order valence-electron chi connectivity index (χ3n) is 8.15. The van der Waals surface area contributed by atoms with E-state index in [1.54, 1.807) is 0 Å². The van der Waals surface area contributed by atoms with E-state index in [9.17, 15) is 60.3 Å². The average Bonchev–Trinajstić information content (AvgIpc) is 3.12. The van der Waals surface area contributed by atoms with Crippen molar-refractivity contribution in [1.29, 1.82) is 0 Å². The number of sulfone groups is 1. The van der Waals surface area contributed by atoms with Crippen molar-refractivity contribution in [3.8, 4) is 0 Å². The standard InChI is InChI=1S/C32H24N6O14S5.Na/c33-29-27(56(47,48)49)15-17-13-23(54(41,42)43)9-11-25(17)31(29)37-35-19-1-5-21(6-2-19)53(39,40)22-7-3-20(4-8-22)36-38-32-26-12-10-24(55(44,45)46)14-18(26)16-28(30(32)34)57(50,51)52;/h1-16H,33-34H2,(H,41,42,43)(H,44,45,46)(H,47,48,49)(H,50,51,52);. The Balaban J connectivity index is 0.00000641. The van der Waals surface area contributed by atoms with Crippen molar-refractivity contribution in [3.05, 3.63) is 97.1 Å². The van der Waals surface area contributed by atoms with Gasteiger partial charge in [-0.3, -0.25) is 18.2 Å². The minimum Gasteiger partial charge on any atom is -0.396 e. The van der Waals surface area contributed by atoms with Crippen LogP contribution in [0.4, 0.5) is 34.1 Å². The summed E-state index contributed by atoms with van der Waals surface area (Å²) in [6.07, 6.45) is 0. The van der Waals surface area contributed by atoms with Crippen LogP contribution in [0.2, 0.25) is 0 Å². The summed E-state index contributed by atoms with van der Waals surface area (Å²) in [6.45, 7) is 0. The molecule has 0 amide bonds. The quantitative estimate of drug-likeness (QED) is 0.0432. The van der Waals surface area contributed by atoms with Gasteiger partial charge in [0.05, 0.1) is 42.3 Å². The van der Waals surface area contributed by atoms with Gasteiger partial charge in [0.2, 0.25) is 9.84 Å². The van der Waals surface area contributed by atoms with Crippen LogP contribution < -0.4 is 11.5 Å². The molecule has 58 heavy (non-hydrogen) atoms. The summed E-state index contributed by atoms with van der Waals surface area (Å²) in [5.41, 5.74) is 10.4. The summed E-state index contributed by atoms with van der Waals surface area (Å²) in [5.74, 6) is 0. The number of hydrogen-bond donors (Lipinski definition) is 6. The van der Waals surface area contributed by atoms with E-state index < -0.39 is 81.3 Å². The second-order valence-electron chi connectivity index (χ2n) is 11.8. The van der Waals surface area contributed by atoms with E-state index in [0.29, 0.717) is 0 Å². The fourth-order valence-corrected chi connectivity index (χ4v) is 9.01. The van der Waals surface area contributed by atoms with Crippen molar-refractivity contribution in [3.63, 3.8) is 0 Å². The van der Waals surface area contributed by atoms with E-state index in [1.807, 2.05) is 0 Å². The van der Waals surface area contributed by atoms with Gasteiger partial charge in [-0.1, -0.05) is 12.1 Å². The van der Waals surface area contributed by atoms with E-state index in [0.717, 1.165) is 36.4 Å². The molecule has 1 radical (unpaired) electrons. The normalized spacial score (nSPS) is 13.0. The molecule has 0 aliphatic heterocycles. The van der Waals surface area contributed by atoms with Gasteiger partial charge in [0.15, 0.2) is 0 Å². The topological polar surface area (TPSA) is 353 Å². The van der Waals surface area contributed by atoms with E-state index >= 15 is 0 Å². The Labute approximate surface area is 351 Å². The maximum Gasteiger partial charge on any atom is 0.296 e. The third-order valence-corrected chi connectivity index (χ3v) is 13.4. The van der Waals surface area contributed by atoms with Crippen LogP contribution in [0.15, 0.2) is 147 Å². The second-order valence-corrected chi connectivity index (χ2v) is 19.4. The number of nitrogens with two attached hydrogens (primary N) is 2. The molecule has 20 nitrogen and oxygen atoms in total. The van der Waals surface area contributed by atoms with E-state index in [1.165, 1.54) is 60.7 Å². The summed E-state index contributed by atoms with van der Waals surface area (Å²) < 4.78 is 160. The zero-order valence-electron chi connectivity index (χ0n) is 29.1. The Bertz CT molecular complexity index is 3090. The Kier molecular flexibility index (Phi) is 12.1. The number of rotatable bonds is 10. The van der Waals surface area contributed by atoms with Crippen LogP contribution in [0.1, 0.15) is 0 Å². The number of nitrogens with zero attached hydrogens (tertiary/aromatic N) is 4. The maximum absolute atomic E-state index is 13.4. The van der Waals surface area contributed by atoms with Gasteiger partial charge in [-0.25, -0.2) is 8.42 Å². The number of nitrogen functional groups attached to an aromatic ring is 2. The molecule has 297 valence electrons. The first kappa shape index (κ1) is 44.3. The molecule has 6 aromatic carbocycles. The first-order valence-electron chi connectivity index (χ1n) is 15.3. The molecule has 0 aromatic heterocycles. The molecular weight excluding hydrogens is 876 g/mol. The van der Waals surface area contributed by atoms with Gasteiger partial charge in [0, 0.05) is 40.3 Å². The molecule has 0 bridgehead atoms. The van der Waals surface area contributed by atoms with Crippen LogP contribution in [-0.2, 0) is 50.3 Å². The summed E-state index contributed by atoms with van der Waals surface area (Å²) in [7, 11) is -23.4. The number of anilines is 2. The number of hydrogen-bond acceptors (Lipinski definition) is 16. The largest absolute Gasteiger partial charge is 0.396 e. The van der Waals surface area contributed by atoms with E-state index in [2.05, 4.69) is 20.5 Å². The predicted octanol–water partition coefficient (Wildman–Crippen LogP) is 5.43. The van der Waals surface area contributed by atoms with Gasteiger partial charge in [-0.15, -0.1) is 10.2 Å². The number of fused-ring (bicyclic) bond motifs is 2. The van der Waals surface area contributed by atoms with Gasteiger partial charge >= 0.3 is 0 Å². The van der Waals surface area contributed by atoms with Gasteiger partial charge in [-0.2, -0.15) is 43.9 Å². The Morgan fingerprint density at radius 3 is 1.00 bits per heavy atom. The zero-order chi connectivity index (χ0) is 41.9. The molecular formula is C32H24N6NaO14S5. The fourth-order valence-electron chi connectivity index (χ4n) is 5.41. The molecule has 0 unspecified atom stereocenters. The van der Waals surface area contributed by atoms with Crippen LogP contribution in [-0.4, -0.2) is 89.9 Å². The SMILES string of the molecule is Nc1c(S(=O)(=O)O)cc2cc(S(=O)(=O)O)ccc2c1N=Nc1ccc(S(=O)(=O)c2ccc(N=Nc3c(N)c(S(=O)(=O)O)cc4cc(S(=O)(=O)O)ccc34)cc2)cc1.[Na]. The van der Waals surface area contributed by atoms with Crippen molar-refractivity contribution in [1.82, 2.24) is 0 Å². The zero-order valence-corrected chi connectivity index (χ0v) is 35.2. The molecule has 0 saturated carbocycles. The predicted molar refractivity (Wildman–Crippen MR) is 208 cm³/mol. The maximum atomic E-state index is 13.4.